The fourth-order valence-electron chi connectivity index (χ4n) is 8.38. The lowest BCUT2D eigenvalue weighted by Crippen LogP contribution is -2.56. The number of aromatic nitrogens is 4. The zero-order valence-corrected chi connectivity index (χ0v) is 36.4. The van der Waals surface area contributed by atoms with E-state index in [-0.39, 0.29) is 63.9 Å². The Morgan fingerprint density at radius 3 is 2.02 bits per heavy atom. The second-order valence-corrected chi connectivity index (χ2v) is 16.2. The van der Waals surface area contributed by atoms with Gasteiger partial charge in [-0.15, -0.1) is 0 Å². The Kier molecular flexibility index (Phi) is 14.7. The number of halogens is 2. The van der Waals surface area contributed by atoms with Crippen molar-refractivity contribution < 1.29 is 18.7 Å². The molecule has 2 aliphatic rings. The van der Waals surface area contributed by atoms with Gasteiger partial charge in [0, 0.05) is 102 Å². The maximum absolute atomic E-state index is 15.4. The molecule has 0 aromatic carbocycles. The number of aryl methyl sites for hydroxylation is 2. The lowest BCUT2D eigenvalue weighted by Gasteiger charge is -2.42. The van der Waals surface area contributed by atoms with Crippen LogP contribution < -0.4 is 32.1 Å². The van der Waals surface area contributed by atoms with Gasteiger partial charge in [-0.05, 0) is 59.1 Å². The lowest BCUT2D eigenvalue weighted by molar-refractivity contribution is 0.0694. The van der Waals surface area contributed by atoms with E-state index in [1.807, 2.05) is 40.0 Å². The van der Waals surface area contributed by atoms with Gasteiger partial charge >= 0.3 is 5.97 Å². The topological polar surface area (TPSA) is 244 Å². The van der Waals surface area contributed by atoms with Gasteiger partial charge in [0.15, 0.2) is 34.7 Å². The summed E-state index contributed by atoms with van der Waals surface area (Å²) in [5.74, 6) is -1.73. The number of fused-ring (bicyclic) bond motifs is 2. The van der Waals surface area contributed by atoms with Crippen LogP contribution >= 0.6 is 0 Å². The minimum absolute atomic E-state index is 0.0640. The second kappa shape index (κ2) is 20.1. The van der Waals surface area contributed by atoms with E-state index < -0.39 is 28.6 Å². The molecule has 6 heterocycles. The summed E-state index contributed by atoms with van der Waals surface area (Å²) in [6.45, 7) is 11.6. The molecular formula is C43H58F2N14O4. The van der Waals surface area contributed by atoms with E-state index in [1.54, 1.807) is 18.0 Å². The first-order valence-electron chi connectivity index (χ1n) is 21.6. The average Bonchev–Trinajstić information content (AvgIpc) is 3.24. The molecule has 2 unspecified atom stereocenters. The van der Waals surface area contributed by atoms with Crippen LogP contribution in [0.25, 0.3) is 22.1 Å². The number of amidine groups is 1. The van der Waals surface area contributed by atoms with Crippen LogP contribution in [0.2, 0.25) is 0 Å². The number of carboxylic acids is 1. The number of piperazine rings is 2. The number of nitrogens with one attached hydrogen (secondary N) is 2. The van der Waals surface area contributed by atoms with Crippen molar-refractivity contribution in [2.24, 2.45) is 21.5 Å². The molecule has 18 nitrogen and oxygen atoms in total. The molecule has 7 N–H and O–H groups in total. The zero-order chi connectivity index (χ0) is 45.5. The quantitative estimate of drug-likeness (QED) is 0.0641. The fraction of sp³-hybridized carbons (Fsp3) is 0.512. The monoisotopic (exact) mass is 872 g/mol. The molecule has 0 aliphatic carbocycles. The number of hydrogen-bond donors (Lipinski definition) is 5. The number of pyridine rings is 4. The molecular weight excluding hydrogens is 815 g/mol. The van der Waals surface area contributed by atoms with Crippen LogP contribution in [-0.2, 0) is 13.1 Å². The van der Waals surface area contributed by atoms with Crippen LogP contribution in [0.4, 0.5) is 20.4 Å². The van der Waals surface area contributed by atoms with Crippen LogP contribution in [0.15, 0.2) is 50.2 Å². The number of guanidine groups is 2. The summed E-state index contributed by atoms with van der Waals surface area (Å²) in [4.78, 5) is 61.8. The van der Waals surface area contributed by atoms with Gasteiger partial charge in [-0.1, -0.05) is 19.3 Å². The number of unbranched alkanes of at least 4 members (excludes halogenated alkanes) is 4. The first-order chi connectivity index (χ1) is 30.1. The summed E-state index contributed by atoms with van der Waals surface area (Å²) in [6.07, 6.45) is 8.27. The number of aliphatic imine (C=N–C) groups is 2. The molecule has 0 saturated carbocycles. The van der Waals surface area contributed by atoms with Crippen LogP contribution in [0.3, 0.4) is 0 Å². The van der Waals surface area contributed by atoms with Gasteiger partial charge in [0.2, 0.25) is 11.4 Å². The number of anilines is 2. The van der Waals surface area contributed by atoms with Crippen molar-refractivity contribution in [3.63, 3.8) is 0 Å². The van der Waals surface area contributed by atoms with Gasteiger partial charge in [0.05, 0.1) is 10.8 Å². The summed E-state index contributed by atoms with van der Waals surface area (Å²) in [5, 5.41) is 26.9. The molecule has 0 bridgehead atoms. The largest absolute Gasteiger partial charge is 0.477 e. The Bertz CT molecular complexity index is 2560. The van der Waals surface area contributed by atoms with Crippen molar-refractivity contribution in [2.45, 2.75) is 97.8 Å². The van der Waals surface area contributed by atoms with Gasteiger partial charge < -0.3 is 50.7 Å². The molecule has 63 heavy (non-hydrogen) atoms. The highest BCUT2D eigenvalue weighted by atomic mass is 19.1. The molecule has 2 fully saturated rings. The molecule has 0 amide bonds. The van der Waals surface area contributed by atoms with Crippen LogP contribution in [-0.4, -0.2) is 121 Å². The predicted octanol–water partition coefficient (Wildman–Crippen LogP) is 4.20. The van der Waals surface area contributed by atoms with E-state index in [1.165, 1.54) is 22.9 Å². The number of carboxylic acid groups (broad SMARTS) is 1. The number of nitrogens with two attached hydrogens (primary N) is 2. The third-order valence-electron chi connectivity index (χ3n) is 11.8. The Balaban J connectivity index is 0.889. The number of carbonyl (C=O) groups is 1. The molecule has 2 saturated heterocycles. The Hall–Kier alpha value is -6.47. The van der Waals surface area contributed by atoms with E-state index in [9.17, 15) is 19.5 Å². The van der Waals surface area contributed by atoms with Crippen molar-refractivity contribution in [1.82, 2.24) is 28.9 Å². The van der Waals surface area contributed by atoms with E-state index in [2.05, 4.69) is 20.0 Å². The Morgan fingerprint density at radius 2 is 1.41 bits per heavy atom. The van der Waals surface area contributed by atoms with E-state index in [0.29, 0.717) is 82.5 Å². The molecule has 6 rings (SSSR count). The first kappa shape index (κ1) is 46.0. The third-order valence-corrected chi connectivity index (χ3v) is 11.8. The molecule has 338 valence electrons. The highest BCUT2D eigenvalue weighted by Crippen LogP contribution is 2.26. The van der Waals surface area contributed by atoms with E-state index in [4.69, 9.17) is 22.3 Å². The number of aromatic carboxylic acids is 1. The predicted molar refractivity (Wildman–Crippen MR) is 243 cm³/mol. The standard InChI is InChI=1S/C43H58F2N14O4/c1-5-54-15-13-34(60)29-21-32(44)39(51-37(29)54)56-16-18-58(26(3)23-56)35(47)20-28(46)12-10-8-7-9-11-14-50-42(48)53-43(49)59-19-17-57(24-27(59)4)40-33(45)22-30-36(61)31(41(62)63)25-55(6-2)38(30)52-40/h13,15,21-22,25-27,46-47H,5-12,14,16-20,23-24H2,1-4H3,(H,62,63)(H4,48,49,50,53). The Morgan fingerprint density at radius 1 is 0.841 bits per heavy atom. The summed E-state index contributed by atoms with van der Waals surface area (Å²) in [5.41, 5.74) is 12.1. The maximum atomic E-state index is 15.4. The van der Waals surface area contributed by atoms with Crippen molar-refractivity contribution in [2.75, 3.05) is 55.6 Å². The van der Waals surface area contributed by atoms with Crippen LogP contribution in [0, 0.1) is 22.5 Å². The van der Waals surface area contributed by atoms with Crippen molar-refractivity contribution >= 4 is 63.1 Å². The summed E-state index contributed by atoms with van der Waals surface area (Å²) < 4.78 is 33.9. The Labute approximate surface area is 363 Å². The molecule has 0 spiro atoms. The van der Waals surface area contributed by atoms with Gasteiger partial charge in [0.1, 0.15) is 22.7 Å². The summed E-state index contributed by atoms with van der Waals surface area (Å²) in [7, 11) is 0. The number of hydrogen-bond acceptors (Lipinski definition) is 10. The third kappa shape index (κ3) is 10.4. The van der Waals surface area contributed by atoms with Crippen LogP contribution in [0.5, 0.6) is 0 Å². The highest BCUT2D eigenvalue weighted by Gasteiger charge is 2.30. The van der Waals surface area contributed by atoms with Crippen molar-refractivity contribution in [1.29, 1.82) is 10.8 Å². The van der Waals surface area contributed by atoms with E-state index in [0.717, 1.165) is 38.2 Å². The molecule has 2 atom stereocenters. The van der Waals surface area contributed by atoms with Crippen molar-refractivity contribution in [3.8, 4) is 0 Å². The normalized spacial score (nSPS) is 17.6. The molecule has 4 aromatic rings. The number of rotatable bonds is 15. The smallest absolute Gasteiger partial charge is 0.341 e. The number of nitrogens with zero attached hydrogens (tertiary/aromatic N) is 10. The maximum Gasteiger partial charge on any atom is 0.341 e. The van der Waals surface area contributed by atoms with Crippen LogP contribution in [0.1, 0.15) is 83.0 Å². The minimum atomic E-state index is -1.38. The lowest BCUT2D eigenvalue weighted by atomic mass is 10.0. The van der Waals surface area contributed by atoms with Gasteiger partial charge in [-0.25, -0.2) is 23.5 Å². The molecule has 20 heteroatoms. The molecule has 4 aromatic heterocycles. The summed E-state index contributed by atoms with van der Waals surface area (Å²) >= 11 is 0. The van der Waals surface area contributed by atoms with Gasteiger partial charge in [0.25, 0.3) is 0 Å². The van der Waals surface area contributed by atoms with Gasteiger partial charge in [-0.3, -0.25) is 20.0 Å². The molecule has 0 radical (unpaired) electrons. The zero-order valence-electron chi connectivity index (χ0n) is 36.4. The van der Waals surface area contributed by atoms with E-state index >= 15 is 8.78 Å². The fourth-order valence-corrected chi connectivity index (χ4v) is 8.38. The SMILES string of the molecule is CCn1ccc(=O)c2cc(F)c(N3CCN(C(=N)CC(=N)CCCCCCCN=C(N)N=C(N)N4CCN(c5nc6c(cc5F)c(=O)c(C(=O)O)cn6CC)CC4C)C(C)C3)nc21. The summed E-state index contributed by atoms with van der Waals surface area (Å²) in [6, 6.07) is 3.47. The minimum Gasteiger partial charge on any atom is -0.477 e. The average molecular weight is 873 g/mol. The first-order valence-corrected chi connectivity index (χ1v) is 21.6. The van der Waals surface area contributed by atoms with Gasteiger partial charge in [-0.2, -0.15) is 4.99 Å². The molecule has 2 aliphatic heterocycles. The highest BCUT2D eigenvalue weighted by molar-refractivity contribution is 6.01. The van der Waals surface area contributed by atoms with Crippen molar-refractivity contribution in [3.05, 3.63) is 68.2 Å². The second-order valence-electron chi connectivity index (χ2n) is 16.2.